The van der Waals surface area contributed by atoms with Crippen molar-refractivity contribution in [3.63, 3.8) is 0 Å². The van der Waals surface area contributed by atoms with Crippen molar-refractivity contribution in [2.45, 2.75) is 135 Å². The number of piperidine rings is 1. The zero-order valence-corrected chi connectivity index (χ0v) is 42.0. The van der Waals surface area contributed by atoms with Crippen LogP contribution in [0.3, 0.4) is 0 Å². The van der Waals surface area contributed by atoms with Gasteiger partial charge in [-0.1, -0.05) is 107 Å². The maximum absolute atomic E-state index is 15.0. The van der Waals surface area contributed by atoms with E-state index in [2.05, 4.69) is 30.8 Å². The van der Waals surface area contributed by atoms with Crippen LogP contribution in [0, 0.1) is 11.8 Å². The number of methoxy groups -OCH3 is 1. The van der Waals surface area contributed by atoms with Crippen LogP contribution in [0.5, 0.6) is 0 Å². The number of amides is 7. The van der Waals surface area contributed by atoms with Gasteiger partial charge in [0.25, 0.3) is 17.7 Å². The summed E-state index contributed by atoms with van der Waals surface area (Å²) in [4.78, 5) is 117. The molecular weight excluding hydrogens is 947 g/mol. The molecule has 2 aliphatic rings. The molecule has 0 spiro atoms. The van der Waals surface area contributed by atoms with Crippen LogP contribution < -0.4 is 26.6 Å². The van der Waals surface area contributed by atoms with Crippen molar-refractivity contribution < 1.29 is 70.1 Å². The minimum absolute atomic E-state index is 0.0617. The number of hydrogen-bond acceptors (Lipinski definition) is 14. The second-order valence-corrected chi connectivity index (χ2v) is 18.8. The van der Waals surface area contributed by atoms with Gasteiger partial charge in [-0.3, -0.25) is 38.1 Å². The predicted molar refractivity (Wildman–Crippen MR) is 255 cm³/mol. The molecule has 0 unspecified atom stereocenters. The highest BCUT2D eigenvalue weighted by Gasteiger charge is 2.46. The summed E-state index contributed by atoms with van der Waals surface area (Å²) >= 11 is 0. The van der Waals surface area contributed by atoms with E-state index in [1.54, 1.807) is 88.4 Å². The van der Waals surface area contributed by atoms with E-state index in [4.69, 9.17) is 14.0 Å². The Kier molecular flexibility index (Phi) is 21.2. The van der Waals surface area contributed by atoms with Crippen LogP contribution in [-0.4, -0.2) is 151 Å². The standard InChI is InChI=1S/C48H67N7O15S/c1-9-27(4)38(51-43(59)36(68-8)26-69-71(65,66)67)44(60)53-40-29(6)70-48(64)39(28(5)10-2)52-42(58)34(24-30-18-14-12-15-19-30)54(7)47(63)35(25-31-20-16-13-17-21-31)55-37(56)23-22-33(46(55)62)50-41(57)32(11-3)49-45(40)61/h11-21,27-29,33-40,56H,9-10,22-26H2,1-8H3,(H,49,61)(H,50,57)(H,51,59)(H,52,58)(H,53,60)(H,65,66,67)/b32-11-/t27-,28+,29+,33-,34-,35-,36+,37+,38-,39-,40-/m0/s1. The highest BCUT2D eigenvalue weighted by atomic mass is 32.3. The number of ether oxygens (including phenoxy) is 2. The largest absolute Gasteiger partial charge is 0.458 e. The van der Waals surface area contributed by atoms with Crippen LogP contribution in [0.4, 0.5) is 0 Å². The fourth-order valence-corrected chi connectivity index (χ4v) is 8.40. The summed E-state index contributed by atoms with van der Waals surface area (Å²) in [5.74, 6) is -8.76. The van der Waals surface area contributed by atoms with E-state index in [0.29, 0.717) is 17.5 Å². The van der Waals surface area contributed by atoms with Crippen molar-refractivity contribution in [1.82, 2.24) is 36.4 Å². The first-order valence-electron chi connectivity index (χ1n) is 23.4. The van der Waals surface area contributed by atoms with Gasteiger partial charge in [-0.05, 0) is 49.7 Å². The molecule has 390 valence electrons. The molecule has 2 fully saturated rings. The minimum Gasteiger partial charge on any atom is -0.458 e. The molecule has 2 bridgehead atoms. The van der Waals surface area contributed by atoms with Crippen LogP contribution in [-0.2, 0) is 75.3 Å². The van der Waals surface area contributed by atoms with Crippen LogP contribution in [0.25, 0.3) is 0 Å². The summed E-state index contributed by atoms with van der Waals surface area (Å²) in [6.07, 6.45) is -3.24. The third-order valence-electron chi connectivity index (χ3n) is 12.8. The minimum atomic E-state index is -4.99. The molecule has 4 rings (SSSR count). The van der Waals surface area contributed by atoms with Gasteiger partial charge < -0.3 is 51.0 Å². The molecule has 71 heavy (non-hydrogen) atoms. The molecule has 2 heterocycles. The lowest BCUT2D eigenvalue weighted by Gasteiger charge is -2.43. The topological polar surface area (TPSA) is 305 Å². The molecule has 0 saturated carbocycles. The van der Waals surface area contributed by atoms with E-state index in [-0.39, 0.29) is 32.1 Å². The van der Waals surface area contributed by atoms with E-state index in [1.807, 2.05) is 0 Å². The number of rotatable bonds is 16. The quantitative estimate of drug-likeness (QED) is 0.0682. The SMILES string of the molecule is C/C=C1\NC(=O)[C@@H](NC(=O)[C@@H](NC(=O)[C@@H](COS(=O)(=O)O)OC)[C@@H](C)CC)[C@@H](C)OC(=O)[C@H]([C@H](C)CC)NC(=O)[C@H](Cc2ccccc2)N(C)C(=O)[C@H](Cc2ccccc2)N2C(=O)[C@H](CC[C@H]2O)NC1=O. The Hall–Kier alpha value is -6.27. The normalized spacial score (nSPS) is 25.5. The lowest BCUT2D eigenvalue weighted by Crippen LogP contribution is -2.64. The number of esters is 1. The summed E-state index contributed by atoms with van der Waals surface area (Å²) in [5, 5.41) is 24.3. The monoisotopic (exact) mass is 1010 g/mol. The fourth-order valence-electron chi connectivity index (χ4n) is 8.11. The number of carbonyl (C=O) groups is 8. The van der Waals surface area contributed by atoms with Gasteiger partial charge in [0.1, 0.15) is 60.9 Å². The molecule has 2 aromatic carbocycles. The maximum atomic E-state index is 15.0. The summed E-state index contributed by atoms with van der Waals surface area (Å²) in [6.45, 7) is 8.43. The molecule has 7 N–H and O–H groups in total. The highest BCUT2D eigenvalue weighted by molar-refractivity contribution is 7.80. The van der Waals surface area contributed by atoms with Gasteiger partial charge in [-0.2, -0.15) is 8.42 Å². The molecule has 2 aliphatic heterocycles. The van der Waals surface area contributed by atoms with E-state index in [9.17, 15) is 47.1 Å². The number of nitrogens with zero attached hydrogens (tertiary/aromatic N) is 2. The Morgan fingerprint density at radius 1 is 0.873 bits per heavy atom. The molecule has 0 aromatic heterocycles. The molecule has 0 radical (unpaired) electrons. The zero-order valence-electron chi connectivity index (χ0n) is 41.2. The fraction of sp³-hybridized carbons (Fsp3) is 0.542. The third kappa shape index (κ3) is 15.6. The van der Waals surface area contributed by atoms with Gasteiger partial charge in [0.15, 0.2) is 6.10 Å². The van der Waals surface area contributed by atoms with Crippen molar-refractivity contribution in [2.75, 3.05) is 20.8 Å². The van der Waals surface area contributed by atoms with Gasteiger partial charge >= 0.3 is 16.4 Å². The number of carbonyl (C=O) groups excluding carboxylic acids is 8. The first-order chi connectivity index (χ1) is 33.5. The summed E-state index contributed by atoms with van der Waals surface area (Å²) in [6, 6.07) is 8.72. The maximum Gasteiger partial charge on any atom is 0.397 e. The van der Waals surface area contributed by atoms with Crippen LogP contribution >= 0.6 is 0 Å². The first kappa shape index (κ1) is 57.3. The lowest BCUT2D eigenvalue weighted by molar-refractivity contribution is -0.165. The number of cyclic esters (lactones) is 1. The van der Waals surface area contributed by atoms with Crippen molar-refractivity contribution in [2.24, 2.45) is 11.8 Å². The number of benzene rings is 2. The Morgan fingerprint density at radius 2 is 1.46 bits per heavy atom. The van der Waals surface area contributed by atoms with Crippen molar-refractivity contribution >= 4 is 57.7 Å². The molecule has 2 saturated heterocycles. The molecule has 7 amide bonds. The predicted octanol–water partition coefficient (Wildman–Crippen LogP) is 0.439. The van der Waals surface area contributed by atoms with E-state index in [0.717, 1.165) is 12.0 Å². The van der Waals surface area contributed by atoms with Gasteiger partial charge in [-0.15, -0.1) is 0 Å². The van der Waals surface area contributed by atoms with Gasteiger partial charge in [0, 0.05) is 27.0 Å². The lowest BCUT2D eigenvalue weighted by atomic mass is 9.95. The molecule has 23 heteroatoms. The number of fused-ring (bicyclic) bond motifs is 2. The summed E-state index contributed by atoms with van der Waals surface area (Å²) in [5.41, 5.74) is 0.846. The highest BCUT2D eigenvalue weighted by Crippen LogP contribution is 2.25. The smallest absolute Gasteiger partial charge is 0.397 e. The van der Waals surface area contributed by atoms with Gasteiger partial charge in [0.2, 0.25) is 23.6 Å². The van der Waals surface area contributed by atoms with E-state index < -0.39 is 137 Å². The van der Waals surface area contributed by atoms with Crippen LogP contribution in [0.2, 0.25) is 0 Å². The van der Waals surface area contributed by atoms with Gasteiger partial charge in [0.05, 0.1) is 0 Å². The van der Waals surface area contributed by atoms with Crippen LogP contribution in [0.1, 0.15) is 78.4 Å². The Labute approximate surface area is 413 Å². The van der Waals surface area contributed by atoms with Crippen LogP contribution in [0.15, 0.2) is 72.4 Å². The average Bonchev–Trinajstić information content (AvgIpc) is 3.34. The number of hydrogen-bond donors (Lipinski definition) is 7. The Morgan fingerprint density at radius 3 is 2.00 bits per heavy atom. The third-order valence-corrected chi connectivity index (χ3v) is 13.3. The van der Waals surface area contributed by atoms with E-state index in [1.165, 1.54) is 31.9 Å². The molecular formula is C48H67N7O15S. The number of aliphatic hydroxyl groups is 1. The van der Waals surface area contributed by atoms with Gasteiger partial charge in [-0.25, -0.2) is 8.98 Å². The molecule has 11 atom stereocenters. The molecule has 0 aliphatic carbocycles. The zero-order chi connectivity index (χ0) is 52.7. The second-order valence-electron chi connectivity index (χ2n) is 17.7. The second kappa shape index (κ2) is 26.3. The summed E-state index contributed by atoms with van der Waals surface area (Å²) in [7, 11) is -2.55. The number of nitrogens with one attached hydrogen (secondary N) is 5. The number of aliphatic hydroxyl groups excluding tert-OH is 1. The Bertz CT molecular complexity index is 2360. The summed E-state index contributed by atoms with van der Waals surface area (Å²) < 4.78 is 46.8. The van der Waals surface area contributed by atoms with Crippen molar-refractivity contribution in [1.29, 1.82) is 0 Å². The molecule has 2 aromatic rings. The average molecular weight is 1010 g/mol. The van der Waals surface area contributed by atoms with Crippen molar-refractivity contribution in [3.8, 4) is 0 Å². The van der Waals surface area contributed by atoms with E-state index >= 15 is 4.79 Å². The Balaban J connectivity index is 1.84. The molecule has 22 nitrogen and oxygen atoms in total. The van der Waals surface area contributed by atoms with Crippen molar-refractivity contribution in [3.05, 3.63) is 83.6 Å². The first-order valence-corrected chi connectivity index (χ1v) is 24.8. The number of likely N-dealkylation sites (N-methyl/N-ethyl adjacent to an activating group) is 1. The number of allylic oxidation sites excluding steroid dienone is 1.